The van der Waals surface area contributed by atoms with E-state index in [1.807, 2.05) is 0 Å². The Balaban J connectivity index is 1.78. The van der Waals surface area contributed by atoms with E-state index < -0.39 is 27.3 Å². The van der Waals surface area contributed by atoms with Crippen LogP contribution >= 0.6 is 11.6 Å². The quantitative estimate of drug-likeness (QED) is 0.349. The van der Waals surface area contributed by atoms with Gasteiger partial charge in [0.25, 0.3) is 0 Å². The van der Waals surface area contributed by atoms with Gasteiger partial charge in [0.15, 0.2) is 0 Å². The number of rotatable bonds is 7. The second-order valence-electron chi connectivity index (χ2n) is 7.92. The molecule has 0 radical (unpaired) electrons. The molecule has 0 bridgehead atoms. The first-order chi connectivity index (χ1) is 17.0. The van der Waals surface area contributed by atoms with Crippen molar-refractivity contribution in [1.82, 2.24) is 19.9 Å². The molecule has 1 fully saturated rings. The fourth-order valence-corrected chi connectivity index (χ4v) is 5.62. The Bertz CT molecular complexity index is 1360. The summed E-state index contributed by atoms with van der Waals surface area (Å²) in [5, 5.41) is 8.42. The highest BCUT2D eigenvalue weighted by molar-refractivity contribution is 7.89. The fraction of sp³-hybridized carbons (Fsp3) is 0.333. The highest BCUT2D eigenvalue weighted by Gasteiger charge is 2.36. The van der Waals surface area contributed by atoms with Crippen molar-refractivity contribution < 1.29 is 31.1 Å². The van der Waals surface area contributed by atoms with E-state index in [2.05, 4.69) is 25.2 Å². The number of alkyl halides is 3. The van der Waals surface area contributed by atoms with Crippen molar-refractivity contribution in [3.63, 3.8) is 0 Å². The minimum absolute atomic E-state index is 0.0246. The van der Waals surface area contributed by atoms with Crippen molar-refractivity contribution >= 4 is 39.2 Å². The fourth-order valence-electron chi connectivity index (χ4n) is 3.80. The molecular formula is C21H22ClF3N6O4S. The summed E-state index contributed by atoms with van der Waals surface area (Å²) in [6.07, 6.45) is -3.89. The Hall–Kier alpha value is -3.07. The van der Waals surface area contributed by atoms with Crippen LogP contribution in [0.3, 0.4) is 0 Å². The smallest absolute Gasteiger partial charge is 0.417 e. The molecule has 1 aromatic heterocycles. The summed E-state index contributed by atoms with van der Waals surface area (Å²) in [7, 11) is -2.87. The monoisotopic (exact) mass is 546 g/mol. The zero-order valence-electron chi connectivity index (χ0n) is 18.8. The summed E-state index contributed by atoms with van der Waals surface area (Å²) in [6, 6.07) is 5.41. The van der Waals surface area contributed by atoms with Crippen LogP contribution in [0.5, 0.6) is 5.75 Å². The average Bonchev–Trinajstić information content (AvgIpc) is 3.22. The van der Waals surface area contributed by atoms with E-state index in [0.29, 0.717) is 26.1 Å². The van der Waals surface area contributed by atoms with Crippen LogP contribution in [0.15, 0.2) is 35.2 Å². The molecule has 0 amide bonds. The summed E-state index contributed by atoms with van der Waals surface area (Å²) >= 11 is 6.32. The molecular weight excluding hydrogens is 525 g/mol. The number of nitrogens with zero attached hydrogens (tertiary/aromatic N) is 2. The van der Waals surface area contributed by atoms with E-state index in [-0.39, 0.29) is 44.9 Å². The van der Waals surface area contributed by atoms with Gasteiger partial charge < -0.3 is 20.5 Å². The van der Waals surface area contributed by atoms with Gasteiger partial charge in [-0.3, -0.25) is 0 Å². The molecule has 0 saturated carbocycles. The number of hydrogen-bond donors (Lipinski definition) is 4. The number of nitrogens with one attached hydrogen (secondary N) is 3. The number of aromatic amines is 1. The second-order valence-corrected chi connectivity index (χ2v) is 10.0. The van der Waals surface area contributed by atoms with E-state index >= 15 is 0 Å². The van der Waals surface area contributed by atoms with Crippen LogP contribution in [0.1, 0.15) is 18.4 Å². The highest BCUT2D eigenvalue weighted by atomic mass is 35.5. The van der Waals surface area contributed by atoms with Gasteiger partial charge >= 0.3 is 6.18 Å². The summed E-state index contributed by atoms with van der Waals surface area (Å²) in [6.45, 7) is 0.797. The number of nitrogen functional groups attached to an aromatic ring is 1. The molecule has 4 rings (SSSR count). The lowest BCUT2D eigenvalue weighted by Gasteiger charge is -2.24. The Morgan fingerprint density at radius 1 is 1.22 bits per heavy atom. The molecule has 5 N–H and O–H groups in total. The summed E-state index contributed by atoms with van der Waals surface area (Å²) < 4.78 is 81.7. The first-order valence-electron chi connectivity index (χ1n) is 10.6. The number of hydrogen-bond acceptors (Lipinski definition) is 8. The van der Waals surface area contributed by atoms with E-state index in [9.17, 15) is 21.6 Å². The lowest BCUT2D eigenvalue weighted by atomic mass is 9.98. The topological polar surface area (TPSA) is 144 Å². The number of aromatic nitrogens is 3. The molecule has 2 aromatic carbocycles. The Kier molecular flexibility index (Phi) is 7.31. The van der Waals surface area contributed by atoms with Crippen LogP contribution in [-0.4, -0.2) is 50.0 Å². The van der Waals surface area contributed by atoms with E-state index in [1.165, 1.54) is 25.3 Å². The largest absolute Gasteiger partial charge is 0.495 e. The molecule has 0 spiro atoms. The van der Waals surface area contributed by atoms with Crippen LogP contribution in [0, 0.1) is 0 Å². The van der Waals surface area contributed by atoms with Gasteiger partial charge in [0.1, 0.15) is 10.6 Å². The van der Waals surface area contributed by atoms with Gasteiger partial charge in [-0.25, -0.2) is 18.2 Å². The van der Waals surface area contributed by atoms with Gasteiger partial charge in [0.2, 0.25) is 21.9 Å². The minimum Gasteiger partial charge on any atom is -0.495 e. The van der Waals surface area contributed by atoms with Crippen molar-refractivity contribution in [2.75, 3.05) is 31.4 Å². The highest BCUT2D eigenvalue weighted by Crippen LogP contribution is 2.44. The third-order valence-electron chi connectivity index (χ3n) is 5.44. The molecule has 1 saturated heterocycles. The first kappa shape index (κ1) is 26.0. The molecule has 1 aliphatic heterocycles. The number of ether oxygens (including phenoxy) is 2. The molecule has 36 heavy (non-hydrogen) atoms. The lowest BCUT2D eigenvalue weighted by molar-refractivity contribution is -0.137. The van der Waals surface area contributed by atoms with Gasteiger partial charge in [-0.15, -0.1) is 5.10 Å². The predicted molar refractivity (Wildman–Crippen MR) is 127 cm³/mol. The number of halogens is 4. The predicted octanol–water partition coefficient (Wildman–Crippen LogP) is 3.94. The summed E-state index contributed by atoms with van der Waals surface area (Å²) in [5.74, 6) is -0.109. The van der Waals surface area contributed by atoms with Gasteiger partial charge in [0.05, 0.1) is 17.7 Å². The van der Waals surface area contributed by atoms with Crippen LogP contribution in [-0.2, 0) is 20.9 Å². The molecule has 2 heterocycles. The molecule has 3 aromatic rings. The van der Waals surface area contributed by atoms with Crippen molar-refractivity contribution in [1.29, 1.82) is 0 Å². The zero-order chi connectivity index (χ0) is 26.1. The summed E-state index contributed by atoms with van der Waals surface area (Å²) in [4.78, 5) is 3.49. The Morgan fingerprint density at radius 3 is 2.56 bits per heavy atom. The third-order valence-corrected chi connectivity index (χ3v) is 7.28. The summed E-state index contributed by atoms with van der Waals surface area (Å²) in [5.41, 5.74) is 3.86. The standard InChI is InChI=1S/C21H22ClF3N6O4S/c1-34-16-3-2-11(8-17(16)36(32,33)31-12-4-6-35-7-5-12)18-14(21(23,24)25)9-13(10-15(18)22)27-20-28-19(26)29-30-20/h2-3,8-10,12,31H,4-7H2,1H3,(H4,26,27,28,29,30). The van der Waals surface area contributed by atoms with Crippen molar-refractivity contribution in [2.24, 2.45) is 0 Å². The third kappa shape index (κ3) is 5.67. The van der Waals surface area contributed by atoms with Gasteiger partial charge in [-0.1, -0.05) is 17.7 Å². The maximum atomic E-state index is 14.1. The number of benzene rings is 2. The Morgan fingerprint density at radius 2 is 1.94 bits per heavy atom. The molecule has 1 aliphatic rings. The second kappa shape index (κ2) is 10.1. The van der Waals surface area contributed by atoms with E-state index in [1.54, 1.807) is 0 Å². The van der Waals surface area contributed by atoms with Crippen molar-refractivity contribution in [3.05, 3.63) is 40.9 Å². The maximum absolute atomic E-state index is 14.1. The van der Waals surface area contributed by atoms with Crippen LogP contribution in [0.2, 0.25) is 5.02 Å². The van der Waals surface area contributed by atoms with Gasteiger partial charge in [-0.05, 0) is 42.7 Å². The molecule has 0 atom stereocenters. The van der Waals surface area contributed by atoms with Crippen LogP contribution in [0.25, 0.3) is 11.1 Å². The maximum Gasteiger partial charge on any atom is 0.417 e. The SMILES string of the molecule is COc1ccc(-c2c(Cl)cc(Nc3n[nH]c(N)n3)cc2C(F)(F)F)cc1S(=O)(=O)NC1CCOCC1. The average molecular weight is 547 g/mol. The molecule has 0 unspecified atom stereocenters. The molecule has 10 nitrogen and oxygen atoms in total. The molecule has 194 valence electrons. The molecule has 15 heteroatoms. The minimum atomic E-state index is -4.83. The van der Waals surface area contributed by atoms with E-state index in [4.69, 9.17) is 26.8 Å². The van der Waals surface area contributed by atoms with Crippen LogP contribution in [0.4, 0.5) is 30.8 Å². The van der Waals surface area contributed by atoms with Crippen molar-refractivity contribution in [3.8, 4) is 16.9 Å². The first-order valence-corrected chi connectivity index (χ1v) is 12.5. The number of H-pyrrole nitrogens is 1. The molecule has 0 aliphatic carbocycles. The number of anilines is 3. The van der Waals surface area contributed by atoms with Gasteiger partial charge in [-0.2, -0.15) is 18.2 Å². The van der Waals surface area contributed by atoms with Crippen LogP contribution < -0.4 is 20.5 Å². The number of sulfonamides is 1. The van der Waals surface area contributed by atoms with Gasteiger partial charge in [0, 0.05) is 30.5 Å². The van der Waals surface area contributed by atoms with E-state index in [0.717, 1.165) is 12.1 Å². The number of methoxy groups -OCH3 is 1. The van der Waals surface area contributed by atoms with Crippen molar-refractivity contribution in [2.45, 2.75) is 30.0 Å². The number of nitrogens with two attached hydrogens (primary N) is 1. The lowest BCUT2D eigenvalue weighted by Crippen LogP contribution is -2.38. The normalized spacial score (nSPS) is 15.1. The Labute approximate surface area is 209 Å². The zero-order valence-corrected chi connectivity index (χ0v) is 20.4.